The maximum atomic E-state index is 13.4. The highest BCUT2D eigenvalue weighted by atomic mass is 32.1. The van der Waals surface area contributed by atoms with Crippen LogP contribution in [0.5, 0.6) is 0 Å². The smallest absolute Gasteiger partial charge is 0.141 e. The lowest BCUT2D eigenvalue weighted by molar-refractivity contribution is 0.611. The number of pyridine rings is 1. The maximum absolute atomic E-state index is 13.4. The number of anilines is 1. The van der Waals surface area contributed by atoms with Gasteiger partial charge in [0.05, 0.1) is 6.20 Å². The van der Waals surface area contributed by atoms with Crippen LogP contribution in [0, 0.1) is 5.82 Å². The second-order valence-corrected chi connectivity index (χ2v) is 6.06. The fraction of sp³-hybridized carbons (Fsp3) is 0.400. The third-order valence-corrected chi connectivity index (χ3v) is 4.16. The second kappa shape index (κ2) is 5.89. The Bertz CT molecular complexity index is 567. The van der Waals surface area contributed by atoms with Crippen LogP contribution in [0.25, 0.3) is 0 Å². The molecule has 1 N–H and O–H groups in total. The lowest BCUT2D eigenvalue weighted by Gasteiger charge is -2.21. The zero-order valence-electron chi connectivity index (χ0n) is 11.5. The first-order valence-electron chi connectivity index (χ1n) is 6.82. The summed E-state index contributed by atoms with van der Waals surface area (Å²) in [6, 6.07) is 4.29. The highest BCUT2D eigenvalue weighted by Gasteiger charge is 2.21. The van der Waals surface area contributed by atoms with E-state index in [1.807, 2.05) is 7.05 Å². The number of hydrogen-bond donors (Lipinski definition) is 1. The first kappa shape index (κ1) is 13.5. The van der Waals surface area contributed by atoms with Crippen LogP contribution < -0.4 is 10.2 Å². The predicted molar refractivity (Wildman–Crippen MR) is 80.5 cm³/mol. The van der Waals surface area contributed by atoms with Gasteiger partial charge in [-0.05, 0) is 41.3 Å². The van der Waals surface area contributed by atoms with Crippen LogP contribution >= 0.6 is 11.3 Å². The molecule has 1 aliphatic rings. The number of aromatic nitrogens is 1. The summed E-state index contributed by atoms with van der Waals surface area (Å²) in [7, 11) is 2.00. The van der Waals surface area contributed by atoms with Crippen LogP contribution in [0.2, 0.25) is 0 Å². The Labute approximate surface area is 122 Å². The average Bonchev–Trinajstić information content (AvgIpc) is 3.13. The molecule has 1 fully saturated rings. The highest BCUT2D eigenvalue weighted by molar-refractivity contribution is 7.07. The topological polar surface area (TPSA) is 28.2 Å². The van der Waals surface area contributed by atoms with Crippen molar-refractivity contribution in [2.24, 2.45) is 0 Å². The molecule has 106 valence electrons. The zero-order valence-corrected chi connectivity index (χ0v) is 12.3. The quantitative estimate of drug-likeness (QED) is 0.886. The highest BCUT2D eigenvalue weighted by Crippen LogP contribution is 2.23. The molecule has 2 aromatic heterocycles. The Kier molecular flexibility index (Phi) is 3.98. The predicted octanol–water partition coefficient (Wildman–Crippen LogP) is 3.17. The molecule has 20 heavy (non-hydrogen) atoms. The minimum absolute atomic E-state index is 0.273. The zero-order chi connectivity index (χ0) is 13.9. The molecule has 0 aliphatic heterocycles. The Morgan fingerprint density at radius 1 is 1.50 bits per heavy atom. The molecule has 2 heterocycles. The van der Waals surface area contributed by atoms with E-state index in [0.29, 0.717) is 12.6 Å². The SMILES string of the molecule is CN(Cc1ccsc1)c1ncc(F)cc1CNC1CC1. The van der Waals surface area contributed by atoms with Gasteiger partial charge >= 0.3 is 0 Å². The molecular weight excluding hydrogens is 273 g/mol. The molecule has 3 nitrogen and oxygen atoms in total. The van der Waals surface area contributed by atoms with E-state index >= 15 is 0 Å². The van der Waals surface area contributed by atoms with E-state index in [4.69, 9.17) is 0 Å². The maximum Gasteiger partial charge on any atom is 0.141 e. The Balaban J connectivity index is 1.75. The Morgan fingerprint density at radius 2 is 2.35 bits per heavy atom. The van der Waals surface area contributed by atoms with Crippen molar-refractivity contribution >= 4 is 17.2 Å². The van der Waals surface area contributed by atoms with Crippen molar-refractivity contribution in [2.45, 2.75) is 32.0 Å². The van der Waals surface area contributed by atoms with Gasteiger partial charge < -0.3 is 10.2 Å². The van der Waals surface area contributed by atoms with Crippen LogP contribution in [0.15, 0.2) is 29.1 Å². The molecule has 0 bridgehead atoms. The number of thiophene rings is 1. The van der Waals surface area contributed by atoms with Crippen molar-refractivity contribution in [2.75, 3.05) is 11.9 Å². The van der Waals surface area contributed by atoms with Gasteiger partial charge in [-0.2, -0.15) is 11.3 Å². The molecule has 0 radical (unpaired) electrons. The standard InChI is InChI=1S/C15H18FN3S/c1-19(9-11-4-5-20-10-11)15-12(6-13(16)8-18-15)7-17-14-2-3-14/h4-6,8,10,14,17H,2-3,7,9H2,1H3. The molecule has 3 rings (SSSR count). The summed E-state index contributed by atoms with van der Waals surface area (Å²) in [6.45, 7) is 1.47. The van der Waals surface area contributed by atoms with Crippen LogP contribution in [0.4, 0.5) is 10.2 Å². The Hall–Kier alpha value is -1.46. The average molecular weight is 291 g/mol. The van der Waals surface area contributed by atoms with E-state index in [-0.39, 0.29) is 5.82 Å². The fourth-order valence-electron chi connectivity index (χ4n) is 2.22. The number of hydrogen-bond acceptors (Lipinski definition) is 4. The van der Waals surface area contributed by atoms with Crippen LogP contribution in [-0.4, -0.2) is 18.1 Å². The first-order chi connectivity index (χ1) is 9.72. The molecule has 0 amide bonds. The normalized spacial score (nSPS) is 14.5. The second-order valence-electron chi connectivity index (χ2n) is 5.28. The van der Waals surface area contributed by atoms with Crippen molar-refractivity contribution in [1.29, 1.82) is 0 Å². The third kappa shape index (κ3) is 3.35. The monoisotopic (exact) mass is 291 g/mol. The van der Waals surface area contributed by atoms with Crippen molar-refractivity contribution in [3.8, 4) is 0 Å². The van der Waals surface area contributed by atoms with E-state index in [1.54, 1.807) is 17.4 Å². The molecule has 0 atom stereocenters. The number of rotatable bonds is 6. The van der Waals surface area contributed by atoms with Gasteiger partial charge in [0, 0.05) is 31.7 Å². The van der Waals surface area contributed by atoms with E-state index in [1.165, 1.54) is 24.6 Å². The van der Waals surface area contributed by atoms with Gasteiger partial charge in [0.2, 0.25) is 0 Å². The van der Waals surface area contributed by atoms with Crippen molar-refractivity contribution < 1.29 is 4.39 Å². The van der Waals surface area contributed by atoms with E-state index in [9.17, 15) is 4.39 Å². The summed E-state index contributed by atoms with van der Waals surface area (Å²) < 4.78 is 13.4. The number of nitrogens with one attached hydrogen (secondary N) is 1. The van der Waals surface area contributed by atoms with Gasteiger partial charge in [-0.25, -0.2) is 9.37 Å². The molecule has 0 spiro atoms. The summed E-state index contributed by atoms with van der Waals surface area (Å²) in [5.41, 5.74) is 2.18. The molecule has 2 aromatic rings. The lowest BCUT2D eigenvalue weighted by Crippen LogP contribution is -2.22. The summed E-state index contributed by atoms with van der Waals surface area (Å²) in [5, 5.41) is 7.62. The fourth-order valence-corrected chi connectivity index (χ4v) is 2.88. The minimum atomic E-state index is -0.273. The van der Waals surface area contributed by atoms with Crippen LogP contribution in [-0.2, 0) is 13.1 Å². The van der Waals surface area contributed by atoms with Gasteiger partial charge in [0.15, 0.2) is 0 Å². The number of halogens is 1. The van der Waals surface area contributed by atoms with Crippen molar-refractivity contribution in [3.05, 3.63) is 46.0 Å². The molecule has 0 aromatic carbocycles. The molecule has 0 saturated heterocycles. The molecule has 1 saturated carbocycles. The van der Waals surface area contributed by atoms with E-state index in [2.05, 4.69) is 32.0 Å². The molecule has 1 aliphatic carbocycles. The lowest BCUT2D eigenvalue weighted by atomic mass is 10.2. The molecule has 5 heteroatoms. The van der Waals surface area contributed by atoms with Crippen molar-refractivity contribution in [1.82, 2.24) is 10.3 Å². The largest absolute Gasteiger partial charge is 0.355 e. The first-order valence-corrected chi connectivity index (χ1v) is 7.76. The summed E-state index contributed by atoms with van der Waals surface area (Å²) in [5.74, 6) is 0.580. The minimum Gasteiger partial charge on any atom is -0.355 e. The van der Waals surface area contributed by atoms with Gasteiger partial charge in [0.1, 0.15) is 11.6 Å². The van der Waals surface area contributed by atoms with Crippen LogP contribution in [0.3, 0.4) is 0 Å². The van der Waals surface area contributed by atoms with Gasteiger partial charge in [-0.15, -0.1) is 0 Å². The van der Waals surface area contributed by atoms with Gasteiger partial charge in [-0.1, -0.05) is 0 Å². The third-order valence-electron chi connectivity index (χ3n) is 3.43. The summed E-state index contributed by atoms with van der Waals surface area (Å²) in [6.07, 6.45) is 3.74. The Morgan fingerprint density at radius 3 is 3.05 bits per heavy atom. The van der Waals surface area contributed by atoms with Crippen molar-refractivity contribution in [3.63, 3.8) is 0 Å². The number of nitrogens with zero attached hydrogens (tertiary/aromatic N) is 2. The summed E-state index contributed by atoms with van der Waals surface area (Å²) in [4.78, 5) is 6.35. The molecule has 0 unspecified atom stereocenters. The van der Waals surface area contributed by atoms with Gasteiger partial charge in [-0.3, -0.25) is 0 Å². The summed E-state index contributed by atoms with van der Waals surface area (Å²) >= 11 is 1.69. The van der Waals surface area contributed by atoms with Crippen LogP contribution in [0.1, 0.15) is 24.0 Å². The van der Waals surface area contributed by atoms with E-state index < -0.39 is 0 Å². The van der Waals surface area contributed by atoms with Gasteiger partial charge in [0.25, 0.3) is 0 Å². The molecular formula is C15H18FN3S. The van der Waals surface area contributed by atoms with E-state index in [0.717, 1.165) is 17.9 Å².